The molecule has 1 heterocycles. The third-order valence-corrected chi connectivity index (χ3v) is 3.68. The van der Waals surface area contributed by atoms with E-state index in [1.165, 1.54) is 6.07 Å². The van der Waals surface area contributed by atoms with Crippen LogP contribution in [0.1, 0.15) is 24.9 Å². The number of hydrogen-bond donors (Lipinski definition) is 1. The summed E-state index contributed by atoms with van der Waals surface area (Å²) in [7, 11) is 0. The lowest BCUT2D eigenvalue weighted by Crippen LogP contribution is -2.26. The Kier molecular flexibility index (Phi) is 4.54. The third kappa shape index (κ3) is 3.45. The van der Waals surface area contributed by atoms with Crippen LogP contribution in [0.2, 0.25) is 0 Å². The maximum absolute atomic E-state index is 12.2. The van der Waals surface area contributed by atoms with Crippen molar-refractivity contribution in [3.63, 3.8) is 0 Å². The quantitative estimate of drug-likeness (QED) is 0.903. The number of carbonyl (C=O) groups is 1. The molecule has 4 nitrogen and oxygen atoms in total. The Morgan fingerprint density at radius 2 is 2.25 bits per heavy atom. The monoisotopic (exact) mass is 285 g/mol. The lowest BCUT2D eigenvalue weighted by atomic mass is 10.1. The smallest absolute Gasteiger partial charge is 0.387 e. The Bertz CT molecular complexity index is 481. The molecule has 20 heavy (non-hydrogen) atoms. The Balaban J connectivity index is 2.06. The zero-order chi connectivity index (χ0) is 14.7. The van der Waals surface area contributed by atoms with E-state index in [0.29, 0.717) is 19.5 Å². The highest BCUT2D eigenvalue weighted by molar-refractivity contribution is 5.70. The van der Waals surface area contributed by atoms with Crippen LogP contribution in [0.3, 0.4) is 0 Å². The van der Waals surface area contributed by atoms with Gasteiger partial charge in [0.05, 0.1) is 5.92 Å². The molecule has 0 bridgehead atoms. The van der Waals surface area contributed by atoms with Gasteiger partial charge in [-0.1, -0.05) is 12.1 Å². The van der Waals surface area contributed by atoms with Crippen molar-refractivity contribution in [2.45, 2.75) is 26.0 Å². The fourth-order valence-corrected chi connectivity index (χ4v) is 2.50. The molecular formula is C14H17F2NO3. The largest absolute Gasteiger partial charge is 0.481 e. The summed E-state index contributed by atoms with van der Waals surface area (Å²) in [4.78, 5) is 13.0. The highest BCUT2D eigenvalue weighted by Crippen LogP contribution is 2.29. The van der Waals surface area contributed by atoms with E-state index in [1.807, 2.05) is 17.9 Å². The highest BCUT2D eigenvalue weighted by Gasteiger charge is 2.31. The second kappa shape index (κ2) is 6.17. The minimum absolute atomic E-state index is 0.0272. The van der Waals surface area contributed by atoms with Gasteiger partial charge in [0.2, 0.25) is 0 Å². The minimum Gasteiger partial charge on any atom is -0.481 e. The van der Waals surface area contributed by atoms with Crippen LogP contribution in [0.25, 0.3) is 0 Å². The predicted molar refractivity (Wildman–Crippen MR) is 68.8 cm³/mol. The van der Waals surface area contributed by atoms with E-state index in [9.17, 15) is 13.6 Å². The summed E-state index contributed by atoms with van der Waals surface area (Å²) >= 11 is 0. The first-order valence-corrected chi connectivity index (χ1v) is 6.49. The molecule has 0 aromatic heterocycles. The molecule has 1 aliphatic heterocycles. The summed E-state index contributed by atoms with van der Waals surface area (Å²) in [5.74, 6) is -1.01. The van der Waals surface area contributed by atoms with Gasteiger partial charge in [0, 0.05) is 12.6 Å². The van der Waals surface area contributed by atoms with Crippen molar-refractivity contribution >= 4 is 5.97 Å². The molecule has 0 saturated carbocycles. The van der Waals surface area contributed by atoms with E-state index in [-0.39, 0.29) is 17.7 Å². The van der Waals surface area contributed by atoms with Crippen molar-refractivity contribution in [1.29, 1.82) is 0 Å². The van der Waals surface area contributed by atoms with Crippen LogP contribution in [0.4, 0.5) is 8.78 Å². The van der Waals surface area contributed by atoms with Gasteiger partial charge in [-0.25, -0.2) is 0 Å². The van der Waals surface area contributed by atoms with E-state index in [1.54, 1.807) is 12.1 Å². The summed E-state index contributed by atoms with van der Waals surface area (Å²) < 4.78 is 28.8. The van der Waals surface area contributed by atoms with Crippen molar-refractivity contribution < 1.29 is 23.4 Å². The molecule has 1 aromatic carbocycles. The summed E-state index contributed by atoms with van der Waals surface area (Å²) in [5.41, 5.74) is 0.842. The first kappa shape index (κ1) is 14.7. The lowest BCUT2D eigenvalue weighted by Gasteiger charge is -2.24. The number of carboxylic acids is 1. The molecule has 1 aliphatic rings. The van der Waals surface area contributed by atoms with Crippen molar-refractivity contribution in [1.82, 2.24) is 4.90 Å². The Hall–Kier alpha value is -1.69. The molecular weight excluding hydrogens is 268 g/mol. The highest BCUT2D eigenvalue weighted by atomic mass is 19.3. The van der Waals surface area contributed by atoms with Crippen LogP contribution in [-0.4, -0.2) is 35.7 Å². The molecule has 1 fully saturated rings. The zero-order valence-electron chi connectivity index (χ0n) is 11.1. The van der Waals surface area contributed by atoms with E-state index in [4.69, 9.17) is 5.11 Å². The average molecular weight is 285 g/mol. The average Bonchev–Trinajstić information content (AvgIpc) is 2.87. The maximum Gasteiger partial charge on any atom is 0.387 e. The summed E-state index contributed by atoms with van der Waals surface area (Å²) in [6.07, 6.45) is 0.618. The molecule has 0 spiro atoms. The molecule has 0 amide bonds. The van der Waals surface area contributed by atoms with Crippen LogP contribution in [-0.2, 0) is 4.79 Å². The molecule has 1 aromatic rings. The lowest BCUT2D eigenvalue weighted by molar-refractivity contribution is -0.141. The predicted octanol–water partition coefficient (Wildman–Crippen LogP) is 2.76. The normalized spacial score (nSPS) is 21.1. The molecule has 6 heteroatoms. The number of benzene rings is 1. The van der Waals surface area contributed by atoms with Gasteiger partial charge in [-0.2, -0.15) is 8.78 Å². The summed E-state index contributed by atoms with van der Waals surface area (Å²) in [6, 6.07) is 6.52. The van der Waals surface area contributed by atoms with Gasteiger partial charge >= 0.3 is 12.6 Å². The SMILES string of the molecule is CC(c1cccc(OC(F)F)c1)N1CCC(C(=O)O)C1. The molecule has 0 radical (unpaired) electrons. The number of hydrogen-bond acceptors (Lipinski definition) is 3. The standard InChI is InChI=1S/C14H17F2NO3/c1-9(17-6-5-11(8-17)13(18)19)10-3-2-4-12(7-10)20-14(15)16/h2-4,7,9,11,14H,5-6,8H2,1H3,(H,18,19). The van der Waals surface area contributed by atoms with E-state index < -0.39 is 12.6 Å². The minimum atomic E-state index is -2.84. The topological polar surface area (TPSA) is 49.8 Å². The molecule has 2 atom stereocenters. The van der Waals surface area contributed by atoms with Gasteiger partial charge in [0.25, 0.3) is 0 Å². The van der Waals surface area contributed by atoms with Crippen molar-refractivity contribution in [3.8, 4) is 5.75 Å². The first-order valence-electron chi connectivity index (χ1n) is 6.49. The van der Waals surface area contributed by atoms with Gasteiger partial charge in [0.1, 0.15) is 5.75 Å². The van der Waals surface area contributed by atoms with Crippen LogP contribution in [0.15, 0.2) is 24.3 Å². The number of halogens is 2. The van der Waals surface area contributed by atoms with Gasteiger partial charge in [0.15, 0.2) is 0 Å². The Morgan fingerprint density at radius 1 is 1.50 bits per heavy atom. The first-order chi connectivity index (χ1) is 9.47. The summed E-state index contributed by atoms with van der Waals surface area (Å²) in [5, 5.41) is 9.00. The van der Waals surface area contributed by atoms with Gasteiger partial charge in [-0.15, -0.1) is 0 Å². The van der Waals surface area contributed by atoms with Gasteiger partial charge in [-0.3, -0.25) is 9.69 Å². The number of alkyl halides is 2. The fraction of sp³-hybridized carbons (Fsp3) is 0.500. The van der Waals surface area contributed by atoms with Crippen molar-refractivity contribution in [2.75, 3.05) is 13.1 Å². The third-order valence-electron chi connectivity index (χ3n) is 3.68. The van der Waals surface area contributed by atoms with E-state index in [0.717, 1.165) is 5.56 Å². The number of rotatable bonds is 5. The van der Waals surface area contributed by atoms with Crippen molar-refractivity contribution in [2.24, 2.45) is 5.92 Å². The second-order valence-electron chi connectivity index (χ2n) is 4.95. The van der Waals surface area contributed by atoms with Crippen molar-refractivity contribution in [3.05, 3.63) is 29.8 Å². The zero-order valence-corrected chi connectivity index (χ0v) is 11.1. The number of aliphatic carboxylic acids is 1. The van der Waals surface area contributed by atoms with E-state index in [2.05, 4.69) is 4.74 Å². The fourth-order valence-electron chi connectivity index (χ4n) is 2.50. The number of likely N-dealkylation sites (tertiary alicyclic amines) is 1. The van der Waals surface area contributed by atoms with Crippen LogP contribution in [0.5, 0.6) is 5.75 Å². The number of ether oxygens (including phenoxy) is 1. The van der Waals surface area contributed by atoms with E-state index >= 15 is 0 Å². The molecule has 2 unspecified atom stereocenters. The molecule has 110 valence electrons. The van der Waals surface area contributed by atoms with Crippen LogP contribution in [0, 0.1) is 5.92 Å². The molecule has 1 N–H and O–H groups in total. The summed E-state index contributed by atoms with van der Waals surface area (Å²) in [6.45, 7) is 0.268. The maximum atomic E-state index is 12.2. The second-order valence-corrected chi connectivity index (χ2v) is 4.95. The number of carboxylic acid groups (broad SMARTS) is 1. The Morgan fingerprint density at radius 3 is 2.85 bits per heavy atom. The molecule has 0 aliphatic carbocycles. The van der Waals surface area contributed by atoms with Gasteiger partial charge < -0.3 is 9.84 Å². The van der Waals surface area contributed by atoms with Crippen LogP contribution >= 0.6 is 0 Å². The van der Waals surface area contributed by atoms with Crippen LogP contribution < -0.4 is 4.74 Å². The Labute approximate surface area is 116 Å². The number of nitrogens with zero attached hydrogens (tertiary/aromatic N) is 1. The van der Waals surface area contributed by atoms with Gasteiger partial charge in [-0.05, 0) is 37.6 Å². The molecule has 1 saturated heterocycles. The molecule has 2 rings (SSSR count).